The van der Waals surface area contributed by atoms with Gasteiger partial charge in [0, 0.05) is 23.2 Å². The number of anilines is 2. The summed E-state index contributed by atoms with van der Waals surface area (Å²) in [5.74, 6) is 1.38. The lowest BCUT2D eigenvalue weighted by Gasteiger charge is -2.12. The second-order valence-electron chi connectivity index (χ2n) is 6.63. The Bertz CT molecular complexity index is 946. The first kappa shape index (κ1) is 17.6. The summed E-state index contributed by atoms with van der Waals surface area (Å²) in [7, 11) is -2.25. The van der Waals surface area contributed by atoms with E-state index in [1.165, 1.54) is 0 Å². The Morgan fingerprint density at radius 1 is 1.20 bits per heavy atom. The van der Waals surface area contributed by atoms with E-state index in [0.717, 1.165) is 22.2 Å². The molecule has 1 N–H and O–H groups in total. The van der Waals surface area contributed by atoms with Crippen LogP contribution in [0.3, 0.4) is 0 Å². The molecule has 3 aromatic rings. The number of fused-ring (bicyclic) bond motifs is 1. The lowest BCUT2D eigenvalue weighted by Crippen LogP contribution is -2.06. The molecule has 0 spiro atoms. The molecule has 132 valence electrons. The summed E-state index contributed by atoms with van der Waals surface area (Å²) in [5.41, 5.74) is 2.46. The second kappa shape index (κ2) is 6.60. The van der Waals surface area contributed by atoms with Crippen LogP contribution in [-0.4, -0.2) is 32.3 Å². The molecule has 1 atom stereocenters. The van der Waals surface area contributed by atoms with Crippen molar-refractivity contribution in [3.63, 3.8) is 0 Å². The third kappa shape index (κ3) is 3.45. The van der Waals surface area contributed by atoms with E-state index in [1.807, 2.05) is 49.3 Å². The van der Waals surface area contributed by atoms with Crippen LogP contribution in [0.15, 0.2) is 30.6 Å². The average molecular weight is 357 g/mol. The van der Waals surface area contributed by atoms with Crippen molar-refractivity contribution >= 4 is 35.1 Å². The zero-order valence-electron chi connectivity index (χ0n) is 15.3. The molecule has 0 saturated heterocycles. The molecule has 0 bridgehead atoms. The van der Waals surface area contributed by atoms with Crippen LogP contribution >= 0.6 is 7.14 Å². The number of nitrogens with zero attached hydrogens (tertiary/aromatic N) is 4. The van der Waals surface area contributed by atoms with Gasteiger partial charge in [0.2, 0.25) is 0 Å². The summed E-state index contributed by atoms with van der Waals surface area (Å²) in [5, 5.41) is 4.22. The third-order valence-corrected chi connectivity index (χ3v) is 6.97. The van der Waals surface area contributed by atoms with Gasteiger partial charge >= 0.3 is 0 Å². The van der Waals surface area contributed by atoms with Gasteiger partial charge in [-0.2, -0.15) is 0 Å². The Hall–Kier alpha value is -2.20. The van der Waals surface area contributed by atoms with Crippen LogP contribution in [0.5, 0.6) is 0 Å². The molecule has 0 aliphatic carbocycles. The van der Waals surface area contributed by atoms with Gasteiger partial charge in [0.1, 0.15) is 13.0 Å². The van der Waals surface area contributed by atoms with Crippen LogP contribution in [-0.2, 0) is 4.57 Å². The Morgan fingerprint density at radius 2 is 1.88 bits per heavy atom. The molecule has 0 fully saturated rings. The number of aryl methyl sites for hydroxylation is 1. The summed E-state index contributed by atoms with van der Waals surface area (Å²) in [6.45, 7) is 9.85. The molecule has 6 nitrogen and oxygen atoms in total. The van der Waals surface area contributed by atoms with Crippen LogP contribution in [0, 0.1) is 6.92 Å². The van der Waals surface area contributed by atoms with Crippen molar-refractivity contribution in [2.75, 3.05) is 18.1 Å². The normalized spacial score (nSPS) is 14.0. The standard InChI is InChI=1S/C18H24N5OP/c1-6-25(5,24)15-9-7-14(8-10-15)22-17-16-18(21-13(4)20-17)23(11-19-16)12(2)3/h7-12H,6H2,1-5H3,(H,20,21,22). The minimum Gasteiger partial charge on any atom is -0.338 e. The van der Waals surface area contributed by atoms with E-state index in [0.29, 0.717) is 17.8 Å². The van der Waals surface area contributed by atoms with Crippen molar-refractivity contribution in [2.45, 2.75) is 33.7 Å². The van der Waals surface area contributed by atoms with E-state index < -0.39 is 7.14 Å². The zero-order chi connectivity index (χ0) is 18.2. The lowest BCUT2D eigenvalue weighted by molar-refractivity contribution is 0.585. The summed E-state index contributed by atoms with van der Waals surface area (Å²) in [6.07, 6.45) is 2.46. The Kier molecular flexibility index (Phi) is 4.65. The van der Waals surface area contributed by atoms with Gasteiger partial charge in [0.15, 0.2) is 17.0 Å². The van der Waals surface area contributed by atoms with E-state index in [4.69, 9.17) is 0 Å². The molecule has 7 heteroatoms. The van der Waals surface area contributed by atoms with Crippen LogP contribution in [0.25, 0.3) is 11.2 Å². The molecular formula is C18H24N5OP. The molecule has 0 saturated carbocycles. The number of nitrogens with one attached hydrogen (secondary N) is 1. The average Bonchev–Trinajstić information content (AvgIpc) is 2.99. The second-order valence-corrected chi connectivity index (χ2v) is 9.98. The molecule has 0 aliphatic rings. The highest BCUT2D eigenvalue weighted by Crippen LogP contribution is 2.39. The van der Waals surface area contributed by atoms with Crippen LogP contribution in [0.2, 0.25) is 0 Å². The predicted molar refractivity (Wildman–Crippen MR) is 104 cm³/mol. The SMILES string of the molecule is CCP(C)(=O)c1ccc(Nc2nc(C)nc3c2ncn3C(C)C)cc1. The lowest BCUT2D eigenvalue weighted by atomic mass is 10.3. The summed E-state index contributed by atoms with van der Waals surface area (Å²) >= 11 is 0. The fraction of sp³-hybridized carbons (Fsp3) is 0.389. The topological polar surface area (TPSA) is 72.7 Å². The van der Waals surface area contributed by atoms with E-state index >= 15 is 0 Å². The molecule has 3 rings (SSSR count). The van der Waals surface area contributed by atoms with Crippen molar-refractivity contribution < 1.29 is 4.57 Å². The maximum absolute atomic E-state index is 12.5. The van der Waals surface area contributed by atoms with Gasteiger partial charge in [-0.05, 0) is 51.7 Å². The maximum Gasteiger partial charge on any atom is 0.166 e. The Labute approximate surface area is 148 Å². The molecule has 0 aliphatic heterocycles. The van der Waals surface area contributed by atoms with Crippen LogP contribution < -0.4 is 10.6 Å². The number of benzene rings is 1. The molecular weight excluding hydrogens is 333 g/mol. The van der Waals surface area contributed by atoms with Gasteiger partial charge < -0.3 is 14.4 Å². The highest BCUT2D eigenvalue weighted by molar-refractivity contribution is 7.70. The molecule has 0 amide bonds. The van der Waals surface area contributed by atoms with E-state index in [2.05, 4.69) is 34.1 Å². The summed E-state index contributed by atoms with van der Waals surface area (Å²) in [6, 6.07) is 7.99. The molecule has 25 heavy (non-hydrogen) atoms. The Balaban J connectivity index is 1.97. The number of hydrogen-bond donors (Lipinski definition) is 1. The first-order chi connectivity index (χ1) is 11.8. The smallest absolute Gasteiger partial charge is 0.166 e. The van der Waals surface area contributed by atoms with Gasteiger partial charge in [-0.3, -0.25) is 0 Å². The maximum atomic E-state index is 12.5. The first-order valence-corrected chi connectivity index (χ1v) is 10.8. The van der Waals surface area contributed by atoms with Crippen LogP contribution in [0.4, 0.5) is 11.5 Å². The molecule has 2 aromatic heterocycles. The van der Waals surface area contributed by atoms with E-state index in [-0.39, 0.29) is 6.04 Å². The zero-order valence-corrected chi connectivity index (χ0v) is 16.2. The molecule has 1 aromatic carbocycles. The van der Waals surface area contributed by atoms with Crippen molar-refractivity contribution in [1.29, 1.82) is 0 Å². The largest absolute Gasteiger partial charge is 0.338 e. The minimum atomic E-state index is -2.25. The molecule has 1 unspecified atom stereocenters. The van der Waals surface area contributed by atoms with E-state index in [9.17, 15) is 4.57 Å². The monoisotopic (exact) mass is 357 g/mol. The first-order valence-electron chi connectivity index (χ1n) is 8.47. The Morgan fingerprint density at radius 3 is 2.48 bits per heavy atom. The summed E-state index contributed by atoms with van der Waals surface area (Å²) in [4.78, 5) is 13.5. The van der Waals surface area contributed by atoms with Crippen molar-refractivity contribution in [3.8, 4) is 0 Å². The minimum absolute atomic E-state index is 0.277. The molecule has 2 heterocycles. The molecule has 0 radical (unpaired) electrons. The number of hydrogen-bond acceptors (Lipinski definition) is 5. The number of imidazole rings is 1. The number of rotatable bonds is 5. The van der Waals surface area contributed by atoms with Crippen LogP contribution in [0.1, 0.15) is 32.6 Å². The van der Waals surface area contributed by atoms with Crippen molar-refractivity contribution in [1.82, 2.24) is 19.5 Å². The van der Waals surface area contributed by atoms with Gasteiger partial charge in [-0.1, -0.05) is 6.92 Å². The highest BCUT2D eigenvalue weighted by atomic mass is 31.2. The fourth-order valence-corrected chi connectivity index (χ4v) is 3.81. The van der Waals surface area contributed by atoms with Gasteiger partial charge in [-0.15, -0.1) is 0 Å². The predicted octanol–water partition coefficient (Wildman–Crippen LogP) is 4.10. The van der Waals surface area contributed by atoms with E-state index in [1.54, 1.807) is 6.33 Å². The van der Waals surface area contributed by atoms with Gasteiger partial charge in [0.05, 0.1) is 6.33 Å². The van der Waals surface area contributed by atoms with Crippen molar-refractivity contribution in [2.24, 2.45) is 0 Å². The summed E-state index contributed by atoms with van der Waals surface area (Å²) < 4.78 is 14.5. The fourth-order valence-electron chi connectivity index (χ4n) is 2.67. The highest BCUT2D eigenvalue weighted by Gasteiger charge is 2.16. The van der Waals surface area contributed by atoms with Gasteiger partial charge in [-0.25, -0.2) is 15.0 Å². The van der Waals surface area contributed by atoms with Gasteiger partial charge in [0.25, 0.3) is 0 Å². The quantitative estimate of drug-likeness (QED) is 0.696. The third-order valence-electron chi connectivity index (χ3n) is 4.37. The number of aromatic nitrogens is 4. The van der Waals surface area contributed by atoms with Crippen molar-refractivity contribution in [3.05, 3.63) is 36.4 Å².